The molecule has 0 nitrogen and oxygen atoms in total. The first kappa shape index (κ1) is 12.6. The van der Waals surface area contributed by atoms with Crippen LogP contribution in [0.4, 0.5) is 0 Å². The van der Waals surface area contributed by atoms with Crippen LogP contribution in [0.2, 0.25) is 39.3 Å². The van der Waals surface area contributed by atoms with Crippen molar-refractivity contribution in [1.82, 2.24) is 0 Å². The normalized spacial score (nSPS) is 15.3. The molecule has 0 saturated carbocycles. The third-order valence-electron chi connectivity index (χ3n) is 2.97. The number of rotatable bonds is 2. The minimum atomic E-state index is -1.19. The Morgan fingerprint density at radius 2 is 1.00 bits per heavy atom. The minimum absolute atomic E-state index is 0.913. The lowest BCUT2D eigenvalue weighted by Gasteiger charge is -2.41. The van der Waals surface area contributed by atoms with E-state index in [2.05, 4.69) is 69.9 Å². The molecule has 11 heavy (non-hydrogen) atoms. The molecule has 0 amide bonds. The molecule has 68 valence electrons. The van der Waals surface area contributed by atoms with Crippen LogP contribution in [-0.4, -0.2) is 19.5 Å². The van der Waals surface area contributed by atoms with Crippen molar-refractivity contribution in [2.24, 2.45) is 0 Å². The molecule has 0 fully saturated rings. The summed E-state index contributed by atoms with van der Waals surface area (Å²) in [6.07, 6.45) is 0. The van der Waals surface area contributed by atoms with Crippen LogP contribution >= 0.6 is 30.6 Å². The third-order valence-corrected chi connectivity index (χ3v) is 62.4. The molecule has 0 aliphatic rings. The highest BCUT2D eigenvalue weighted by atomic mass is 79.9. The Bertz CT molecular complexity index is 127. The van der Waals surface area contributed by atoms with E-state index in [0.29, 0.717) is 0 Å². The van der Waals surface area contributed by atoms with E-state index in [0.717, 1.165) is 0 Å². The van der Waals surface area contributed by atoms with E-state index in [9.17, 15) is 0 Å². The maximum atomic E-state index is 3.89. The van der Waals surface area contributed by atoms with Gasteiger partial charge in [-0.25, -0.2) is 0 Å². The Labute approximate surface area is 88.9 Å². The molecule has 0 saturated heterocycles. The monoisotopic (exact) mass is 332 g/mol. The fourth-order valence-corrected chi connectivity index (χ4v) is 49.9. The van der Waals surface area contributed by atoms with Gasteiger partial charge in [0, 0.05) is 7.59 Å². The van der Waals surface area contributed by atoms with E-state index in [1.807, 2.05) is 0 Å². The van der Waals surface area contributed by atoms with Crippen LogP contribution in [0.15, 0.2) is 0 Å². The average molecular weight is 334 g/mol. The zero-order chi connectivity index (χ0) is 9.50. The van der Waals surface area contributed by atoms with Crippen LogP contribution in [0, 0.1) is 0 Å². The standard InChI is InChI=1S/C6H18Br2Si3/c1-9(2,3)10(4,5)11(6,7)8/h1-6H3. The summed E-state index contributed by atoms with van der Waals surface area (Å²) in [5, 5.41) is 0. The molecule has 0 aromatic rings. The molecule has 0 N–H and O–H groups in total. The van der Waals surface area contributed by atoms with Crippen molar-refractivity contribution in [3.05, 3.63) is 0 Å². The molecule has 0 unspecified atom stereocenters. The van der Waals surface area contributed by atoms with Gasteiger partial charge in [0.2, 0.25) is 0 Å². The van der Waals surface area contributed by atoms with Gasteiger partial charge >= 0.3 is 0 Å². The number of hydrogen-bond donors (Lipinski definition) is 0. The molecule has 0 aliphatic carbocycles. The van der Waals surface area contributed by atoms with Gasteiger partial charge in [-0.1, -0.05) is 39.3 Å². The Morgan fingerprint density at radius 1 is 0.727 bits per heavy atom. The lowest BCUT2D eigenvalue weighted by molar-refractivity contribution is 1.78. The maximum absolute atomic E-state index is 3.89. The molecule has 0 rings (SSSR count). The van der Waals surface area contributed by atoms with E-state index in [1.165, 1.54) is 0 Å². The SMILES string of the molecule is C[Si](C)(C)[Si](C)(C)[Si](C)(Br)Br. The summed E-state index contributed by atoms with van der Waals surface area (Å²) in [6.45, 7) is 14.9. The fourth-order valence-electron chi connectivity index (χ4n) is 0.658. The Kier molecular flexibility index (Phi) is 3.90. The molecule has 0 aromatic heterocycles. The highest BCUT2D eigenvalue weighted by molar-refractivity contribution is 9.53. The maximum Gasteiger partial charge on any atom is 0.185 e. The number of hydrogen-bond acceptors (Lipinski definition) is 0. The van der Waals surface area contributed by atoms with E-state index < -0.39 is 19.5 Å². The van der Waals surface area contributed by atoms with Crippen molar-refractivity contribution in [2.75, 3.05) is 0 Å². The summed E-state index contributed by atoms with van der Waals surface area (Å²) >= 11 is 7.78. The summed E-state index contributed by atoms with van der Waals surface area (Å²) in [5.74, 6) is 0. The van der Waals surface area contributed by atoms with Crippen molar-refractivity contribution in [3.8, 4) is 0 Å². The predicted molar refractivity (Wildman–Crippen MR) is 70.3 cm³/mol. The van der Waals surface area contributed by atoms with Gasteiger partial charge in [0.15, 0.2) is 4.83 Å². The largest absolute Gasteiger partial charge is 0.185 e. The van der Waals surface area contributed by atoms with Crippen LogP contribution in [0.5, 0.6) is 0 Å². The lowest BCUT2D eigenvalue weighted by Crippen LogP contribution is -2.64. The van der Waals surface area contributed by atoms with Gasteiger partial charge in [-0.05, 0) is 0 Å². The molecule has 0 heterocycles. The van der Waals surface area contributed by atoms with Gasteiger partial charge in [-0.3, -0.25) is 0 Å². The highest BCUT2D eigenvalue weighted by Gasteiger charge is 2.50. The molecule has 0 radical (unpaired) electrons. The minimum Gasteiger partial charge on any atom is -0.115 e. The summed E-state index contributed by atoms with van der Waals surface area (Å²) in [4.78, 5) is -1.19. The second-order valence-electron chi connectivity index (χ2n) is 4.76. The van der Waals surface area contributed by atoms with Crippen LogP contribution in [0.1, 0.15) is 0 Å². The summed E-state index contributed by atoms with van der Waals surface area (Å²) < 4.78 is 0. The first-order valence-electron chi connectivity index (χ1n) is 3.88. The summed E-state index contributed by atoms with van der Waals surface area (Å²) in [5.41, 5.74) is 0. The third kappa shape index (κ3) is 2.79. The van der Waals surface area contributed by atoms with E-state index >= 15 is 0 Å². The van der Waals surface area contributed by atoms with Crippen molar-refractivity contribution in [1.29, 1.82) is 0 Å². The molecule has 0 aromatic carbocycles. The van der Waals surface area contributed by atoms with E-state index in [1.54, 1.807) is 0 Å². The zero-order valence-electron chi connectivity index (χ0n) is 8.26. The zero-order valence-corrected chi connectivity index (χ0v) is 14.4. The summed E-state index contributed by atoms with van der Waals surface area (Å²) in [7, 11) is -1.91. The van der Waals surface area contributed by atoms with Gasteiger partial charge in [0.1, 0.15) is 0 Å². The molecule has 0 bridgehead atoms. The Balaban J connectivity index is 4.75. The predicted octanol–water partition coefficient (Wildman–Crippen LogP) is 4.05. The second kappa shape index (κ2) is 3.40. The molecule has 0 atom stereocenters. The first-order chi connectivity index (χ1) is 4.50. The van der Waals surface area contributed by atoms with Crippen molar-refractivity contribution < 1.29 is 0 Å². The van der Waals surface area contributed by atoms with Crippen LogP contribution < -0.4 is 0 Å². The molecular weight excluding hydrogens is 316 g/mol. The fraction of sp³-hybridized carbons (Fsp3) is 1.00. The molecule has 0 spiro atoms. The highest BCUT2D eigenvalue weighted by Crippen LogP contribution is 2.36. The van der Waals surface area contributed by atoms with Crippen LogP contribution in [0.3, 0.4) is 0 Å². The van der Waals surface area contributed by atoms with E-state index in [-0.39, 0.29) is 0 Å². The first-order valence-corrected chi connectivity index (χ1v) is 19.4. The number of halogens is 2. The molecular formula is C6H18Br2Si3. The average Bonchev–Trinajstić information content (AvgIpc) is 1.58. The van der Waals surface area contributed by atoms with Gasteiger partial charge in [0.05, 0.1) is 7.11 Å². The lowest BCUT2D eigenvalue weighted by atomic mass is 11.8. The van der Waals surface area contributed by atoms with Gasteiger partial charge in [-0.15, -0.1) is 30.6 Å². The summed E-state index contributed by atoms with van der Waals surface area (Å²) in [6, 6.07) is 0. The van der Waals surface area contributed by atoms with Crippen LogP contribution in [-0.2, 0) is 0 Å². The molecule has 0 aliphatic heterocycles. The van der Waals surface area contributed by atoms with Gasteiger partial charge in [-0.2, -0.15) is 0 Å². The topological polar surface area (TPSA) is 0 Å². The van der Waals surface area contributed by atoms with E-state index in [4.69, 9.17) is 0 Å². The van der Waals surface area contributed by atoms with Crippen molar-refractivity contribution in [3.63, 3.8) is 0 Å². The molecule has 5 heteroatoms. The van der Waals surface area contributed by atoms with Crippen LogP contribution in [0.25, 0.3) is 0 Å². The Morgan fingerprint density at radius 3 is 1.00 bits per heavy atom. The van der Waals surface area contributed by atoms with Gasteiger partial charge < -0.3 is 0 Å². The van der Waals surface area contributed by atoms with Gasteiger partial charge in [0.25, 0.3) is 0 Å². The quantitative estimate of drug-likeness (QED) is 0.528. The second-order valence-corrected chi connectivity index (χ2v) is 47.9. The Hall–Kier alpha value is 1.61. The smallest absolute Gasteiger partial charge is 0.115 e. The van der Waals surface area contributed by atoms with Crippen molar-refractivity contribution in [2.45, 2.75) is 39.3 Å². The van der Waals surface area contributed by atoms with Crippen molar-refractivity contribution >= 4 is 50.1 Å².